The Morgan fingerprint density at radius 2 is 2.17 bits per heavy atom. The molecule has 18 heavy (non-hydrogen) atoms. The second kappa shape index (κ2) is 4.85. The molecule has 1 saturated heterocycles. The zero-order chi connectivity index (χ0) is 13.3. The minimum atomic E-state index is -3.46. The Hall–Kier alpha value is -1.14. The van der Waals surface area contributed by atoms with Crippen LogP contribution in [0.15, 0.2) is 23.4 Å². The van der Waals surface area contributed by atoms with Crippen LogP contribution in [0.5, 0.6) is 0 Å². The maximum Gasteiger partial charge on any atom is 0.246 e. The van der Waals surface area contributed by atoms with Crippen molar-refractivity contribution in [3.05, 3.63) is 18.5 Å². The van der Waals surface area contributed by atoms with Crippen molar-refractivity contribution >= 4 is 15.7 Å². The maximum atomic E-state index is 12.6. The number of sulfonamides is 1. The third kappa shape index (κ3) is 2.22. The molecule has 2 unspecified atom stereocenters. The maximum absolute atomic E-state index is 12.6. The third-order valence-electron chi connectivity index (χ3n) is 3.37. The smallest absolute Gasteiger partial charge is 0.246 e. The van der Waals surface area contributed by atoms with Crippen molar-refractivity contribution in [2.45, 2.75) is 31.2 Å². The fourth-order valence-electron chi connectivity index (χ4n) is 2.51. The normalized spacial score (nSPS) is 25.3. The van der Waals surface area contributed by atoms with Crippen molar-refractivity contribution in [1.82, 2.24) is 9.29 Å². The van der Waals surface area contributed by atoms with Gasteiger partial charge in [-0.3, -0.25) is 4.98 Å². The molecule has 0 saturated carbocycles. The molecule has 1 N–H and O–H groups in total. The Morgan fingerprint density at radius 3 is 2.72 bits per heavy atom. The average Bonchev–Trinajstić information content (AvgIpc) is 2.69. The molecule has 2 atom stereocenters. The highest BCUT2D eigenvalue weighted by Crippen LogP contribution is 2.31. The molecule has 1 aliphatic rings. The zero-order valence-electron chi connectivity index (χ0n) is 10.9. The molecule has 5 nitrogen and oxygen atoms in total. The quantitative estimate of drug-likeness (QED) is 0.904. The van der Waals surface area contributed by atoms with Crippen LogP contribution in [0.25, 0.3) is 0 Å². The molecule has 1 aromatic heterocycles. The first-order valence-corrected chi connectivity index (χ1v) is 7.54. The summed E-state index contributed by atoms with van der Waals surface area (Å²) >= 11 is 0. The van der Waals surface area contributed by atoms with E-state index in [4.69, 9.17) is 0 Å². The van der Waals surface area contributed by atoms with Gasteiger partial charge in [-0.25, -0.2) is 8.42 Å². The standard InChI is InChI=1S/C12H19N3O2S/c1-9-6-10(2)15(8-9)18(16,17)12-7-14-5-4-11(12)13-3/h4-5,7,9-10H,6,8H2,1-3H3,(H,13,14). The second-order valence-electron chi connectivity index (χ2n) is 4.89. The highest BCUT2D eigenvalue weighted by atomic mass is 32.2. The molecule has 0 radical (unpaired) electrons. The molecule has 2 rings (SSSR count). The van der Waals surface area contributed by atoms with E-state index in [9.17, 15) is 8.42 Å². The van der Waals surface area contributed by atoms with E-state index in [2.05, 4.69) is 17.2 Å². The molecule has 0 spiro atoms. The first-order chi connectivity index (χ1) is 8.46. The first kappa shape index (κ1) is 13.3. The molecule has 1 aliphatic heterocycles. The Morgan fingerprint density at radius 1 is 1.44 bits per heavy atom. The van der Waals surface area contributed by atoms with Gasteiger partial charge in [0.05, 0.1) is 5.69 Å². The summed E-state index contributed by atoms with van der Waals surface area (Å²) < 4.78 is 26.8. The lowest BCUT2D eigenvalue weighted by Crippen LogP contribution is -2.34. The van der Waals surface area contributed by atoms with Gasteiger partial charge in [0.2, 0.25) is 10.0 Å². The van der Waals surface area contributed by atoms with E-state index < -0.39 is 10.0 Å². The van der Waals surface area contributed by atoms with Gasteiger partial charge in [0.25, 0.3) is 0 Å². The Labute approximate surface area is 108 Å². The fraction of sp³-hybridized carbons (Fsp3) is 0.583. The van der Waals surface area contributed by atoms with Crippen LogP contribution in [0.4, 0.5) is 5.69 Å². The summed E-state index contributed by atoms with van der Waals surface area (Å²) in [5.74, 6) is 0.407. The van der Waals surface area contributed by atoms with E-state index in [1.165, 1.54) is 6.20 Å². The molecule has 6 heteroatoms. The number of pyridine rings is 1. The third-order valence-corrected chi connectivity index (χ3v) is 5.37. The molecule has 0 aromatic carbocycles. The Balaban J connectivity index is 2.42. The van der Waals surface area contributed by atoms with Gasteiger partial charge >= 0.3 is 0 Å². The molecule has 1 fully saturated rings. The molecule has 1 aromatic rings. The molecule has 0 bridgehead atoms. The molecular weight excluding hydrogens is 250 g/mol. The number of aromatic nitrogens is 1. The topological polar surface area (TPSA) is 62.3 Å². The predicted molar refractivity (Wildman–Crippen MR) is 70.9 cm³/mol. The Kier molecular flexibility index (Phi) is 3.59. The second-order valence-corrected chi connectivity index (χ2v) is 6.75. The van der Waals surface area contributed by atoms with Gasteiger partial charge < -0.3 is 5.32 Å². The van der Waals surface area contributed by atoms with E-state index in [1.807, 2.05) is 6.92 Å². The van der Waals surface area contributed by atoms with Gasteiger partial charge in [0.1, 0.15) is 4.90 Å². The van der Waals surface area contributed by atoms with Crippen molar-refractivity contribution in [3.63, 3.8) is 0 Å². The van der Waals surface area contributed by atoms with Crippen LogP contribution >= 0.6 is 0 Å². The predicted octanol–water partition coefficient (Wildman–Crippen LogP) is 1.54. The van der Waals surface area contributed by atoms with E-state index in [-0.39, 0.29) is 10.9 Å². The van der Waals surface area contributed by atoms with Crippen molar-refractivity contribution in [2.75, 3.05) is 18.9 Å². The number of hydrogen-bond acceptors (Lipinski definition) is 4. The number of nitrogens with one attached hydrogen (secondary N) is 1. The summed E-state index contributed by atoms with van der Waals surface area (Å²) in [4.78, 5) is 4.19. The molecule has 2 heterocycles. The Bertz CT molecular complexity index is 530. The minimum Gasteiger partial charge on any atom is -0.387 e. The molecule has 0 aliphatic carbocycles. The van der Waals surface area contributed by atoms with Crippen LogP contribution in [0.3, 0.4) is 0 Å². The fourth-order valence-corrected chi connectivity index (χ4v) is 4.42. The minimum absolute atomic E-state index is 0.0508. The van der Waals surface area contributed by atoms with Gasteiger partial charge in [-0.2, -0.15) is 4.31 Å². The van der Waals surface area contributed by atoms with E-state index >= 15 is 0 Å². The molecule has 100 valence electrons. The van der Waals surface area contributed by atoms with Crippen molar-refractivity contribution in [3.8, 4) is 0 Å². The van der Waals surface area contributed by atoms with Crippen LogP contribution in [-0.2, 0) is 10.0 Å². The van der Waals surface area contributed by atoms with Crippen LogP contribution in [0.1, 0.15) is 20.3 Å². The highest BCUT2D eigenvalue weighted by Gasteiger charge is 2.37. The monoisotopic (exact) mass is 269 g/mol. The summed E-state index contributed by atoms with van der Waals surface area (Å²) in [6, 6.07) is 1.73. The lowest BCUT2D eigenvalue weighted by Gasteiger charge is -2.22. The number of hydrogen-bond donors (Lipinski definition) is 1. The lowest BCUT2D eigenvalue weighted by atomic mass is 10.1. The van der Waals surface area contributed by atoms with E-state index in [1.54, 1.807) is 23.6 Å². The van der Waals surface area contributed by atoms with Crippen LogP contribution < -0.4 is 5.32 Å². The van der Waals surface area contributed by atoms with Gasteiger partial charge in [-0.05, 0) is 25.3 Å². The summed E-state index contributed by atoms with van der Waals surface area (Å²) in [6.07, 6.45) is 3.91. The first-order valence-electron chi connectivity index (χ1n) is 6.10. The van der Waals surface area contributed by atoms with Gasteiger partial charge in [0.15, 0.2) is 0 Å². The van der Waals surface area contributed by atoms with E-state index in [0.29, 0.717) is 18.2 Å². The van der Waals surface area contributed by atoms with Gasteiger partial charge in [-0.1, -0.05) is 6.92 Å². The zero-order valence-corrected chi connectivity index (χ0v) is 11.7. The summed E-state index contributed by atoms with van der Waals surface area (Å²) in [6.45, 7) is 4.62. The van der Waals surface area contributed by atoms with E-state index in [0.717, 1.165) is 6.42 Å². The van der Waals surface area contributed by atoms with Crippen molar-refractivity contribution < 1.29 is 8.42 Å². The number of rotatable bonds is 3. The van der Waals surface area contributed by atoms with Crippen LogP contribution in [0, 0.1) is 5.92 Å². The van der Waals surface area contributed by atoms with Gasteiger partial charge in [0, 0.05) is 32.0 Å². The number of nitrogens with zero attached hydrogens (tertiary/aromatic N) is 2. The average molecular weight is 269 g/mol. The largest absolute Gasteiger partial charge is 0.387 e. The van der Waals surface area contributed by atoms with Crippen molar-refractivity contribution in [1.29, 1.82) is 0 Å². The van der Waals surface area contributed by atoms with Crippen LogP contribution in [-0.4, -0.2) is 37.3 Å². The molecular formula is C12H19N3O2S. The number of anilines is 1. The van der Waals surface area contributed by atoms with Crippen molar-refractivity contribution in [2.24, 2.45) is 5.92 Å². The molecule has 0 amide bonds. The highest BCUT2D eigenvalue weighted by molar-refractivity contribution is 7.89. The summed E-state index contributed by atoms with van der Waals surface area (Å²) in [7, 11) is -1.74. The summed E-state index contributed by atoms with van der Waals surface area (Å²) in [5.41, 5.74) is 0.594. The SMILES string of the molecule is CNc1ccncc1S(=O)(=O)N1CC(C)CC1C. The summed E-state index contributed by atoms with van der Waals surface area (Å²) in [5, 5.41) is 2.91. The van der Waals surface area contributed by atoms with Crippen LogP contribution in [0.2, 0.25) is 0 Å². The van der Waals surface area contributed by atoms with Gasteiger partial charge in [-0.15, -0.1) is 0 Å². The lowest BCUT2D eigenvalue weighted by molar-refractivity contribution is 0.405.